The van der Waals surface area contributed by atoms with Crippen LogP contribution in [0.5, 0.6) is 0 Å². The van der Waals surface area contributed by atoms with Gasteiger partial charge in [0.1, 0.15) is 11.5 Å². The summed E-state index contributed by atoms with van der Waals surface area (Å²) in [4.78, 5) is 27.1. The van der Waals surface area contributed by atoms with Crippen molar-refractivity contribution in [3.63, 3.8) is 0 Å². The van der Waals surface area contributed by atoms with Crippen LogP contribution < -0.4 is 0 Å². The van der Waals surface area contributed by atoms with Gasteiger partial charge in [-0.3, -0.25) is 9.59 Å². The van der Waals surface area contributed by atoms with Crippen molar-refractivity contribution in [1.82, 2.24) is 4.90 Å². The van der Waals surface area contributed by atoms with E-state index in [1.165, 1.54) is 25.7 Å². The third-order valence-electron chi connectivity index (χ3n) is 16.0. The molecule has 4 saturated carbocycles. The first kappa shape index (κ1) is 26.3. The predicted octanol–water partition coefficient (Wildman–Crippen LogP) is 7.39. The third kappa shape index (κ3) is 2.58. The van der Waals surface area contributed by atoms with Crippen molar-refractivity contribution in [2.45, 2.75) is 138 Å². The fourth-order valence-electron chi connectivity index (χ4n) is 13.1. The molecule has 0 N–H and O–H groups in total. The maximum atomic E-state index is 12.7. The Morgan fingerprint density at radius 1 is 0.865 bits per heavy atom. The molecular formula is C33H53NO3. The quantitative estimate of drug-likeness (QED) is 0.345. The number of rotatable bonds is 1. The average molecular weight is 512 g/mol. The molecule has 2 saturated heterocycles. The van der Waals surface area contributed by atoms with Gasteiger partial charge in [0.05, 0.1) is 5.60 Å². The summed E-state index contributed by atoms with van der Waals surface area (Å²) in [6.07, 6.45) is 11.7. The molecule has 0 unspecified atom stereocenters. The summed E-state index contributed by atoms with van der Waals surface area (Å²) < 4.78 is 7.42. The Hall–Kier alpha value is -0.900. The van der Waals surface area contributed by atoms with E-state index in [9.17, 15) is 9.59 Å². The molecule has 1 amide bonds. The molecular weight excluding hydrogens is 458 g/mol. The Bertz CT molecular complexity index is 1040. The Kier molecular flexibility index (Phi) is 5.15. The minimum atomic E-state index is -0.469. The zero-order valence-corrected chi connectivity index (χ0v) is 25.3. The number of amides is 1. The second kappa shape index (κ2) is 7.24. The normalized spacial score (nSPS) is 61.1. The molecule has 6 aliphatic rings. The molecule has 0 aromatic heterocycles. The molecule has 208 valence electrons. The van der Waals surface area contributed by atoms with Crippen LogP contribution in [0.1, 0.15) is 127 Å². The van der Waals surface area contributed by atoms with Crippen molar-refractivity contribution in [2.24, 2.45) is 50.2 Å². The van der Waals surface area contributed by atoms with Crippen molar-refractivity contribution in [3.8, 4) is 0 Å². The van der Waals surface area contributed by atoms with Gasteiger partial charge in [-0.1, -0.05) is 55.4 Å². The van der Waals surface area contributed by atoms with Gasteiger partial charge in [0.25, 0.3) is 0 Å². The highest BCUT2D eigenvalue weighted by molar-refractivity contribution is 5.80. The van der Waals surface area contributed by atoms with Gasteiger partial charge in [-0.25, -0.2) is 0 Å². The smallest absolute Gasteiger partial charge is 0.211 e. The standard InChI is InChI=1S/C33H53NO3/c1-22-10-15-33(34(19-22)21-35)23(2)32(9)30(7)17-16-27(4)25(28(30,5)20-31(32,8)37-33)12-13-26(3)18-24(36)11-14-29(26,27)6/h21-23,25H,10-20H2,1-9H3/t22-,23-,25+,26-,27-,28-,29-,30-,31-,32+,33-/m0/s1. The van der Waals surface area contributed by atoms with E-state index in [1.54, 1.807) is 0 Å². The molecule has 6 rings (SSSR count). The fourth-order valence-corrected chi connectivity index (χ4v) is 13.1. The largest absolute Gasteiger partial charge is 0.348 e. The number of hydrogen-bond donors (Lipinski definition) is 0. The molecule has 0 radical (unpaired) electrons. The summed E-state index contributed by atoms with van der Waals surface area (Å²) in [5.41, 5.74) is 0.113. The monoisotopic (exact) mass is 511 g/mol. The SMILES string of the molecule is C[C@H]1CC[C@@]2(O[C@@]3(C)C[C@@]4(C)[C@@H]5CC[C@@]6(C)CC(=O)CC[C@]6(C)[C@@]5(C)CC[C@]4(C)[C@@]3(C)[C@@H]2C)N(C=O)C1. The number of likely N-dealkylation sites (tertiary alicyclic amines) is 1. The van der Waals surface area contributed by atoms with Crippen LogP contribution in [-0.4, -0.2) is 35.0 Å². The number of carbonyl (C=O) groups excluding carboxylic acids is 2. The lowest BCUT2D eigenvalue weighted by atomic mass is 9.31. The van der Waals surface area contributed by atoms with E-state index in [0.717, 1.165) is 51.5 Å². The second-order valence-electron chi connectivity index (χ2n) is 16.5. The van der Waals surface area contributed by atoms with Crippen molar-refractivity contribution >= 4 is 12.2 Å². The molecule has 4 aliphatic carbocycles. The summed E-state index contributed by atoms with van der Waals surface area (Å²) in [6.45, 7) is 23.4. The van der Waals surface area contributed by atoms with Gasteiger partial charge in [-0.05, 0) is 97.2 Å². The van der Waals surface area contributed by atoms with E-state index in [0.29, 0.717) is 17.6 Å². The van der Waals surface area contributed by atoms with Gasteiger partial charge in [-0.2, -0.15) is 0 Å². The Balaban J connectivity index is 1.44. The average Bonchev–Trinajstić information content (AvgIpc) is 3.07. The summed E-state index contributed by atoms with van der Waals surface area (Å²) in [6, 6.07) is 0. The summed E-state index contributed by atoms with van der Waals surface area (Å²) in [5.74, 6) is 1.93. The number of nitrogens with zero attached hydrogens (tertiary/aromatic N) is 1. The molecule has 11 atom stereocenters. The Labute approximate surface area is 226 Å². The van der Waals surface area contributed by atoms with Crippen molar-refractivity contribution in [1.29, 1.82) is 0 Å². The fraction of sp³-hybridized carbons (Fsp3) is 0.939. The first-order chi connectivity index (χ1) is 17.0. The van der Waals surface area contributed by atoms with Crippen molar-refractivity contribution in [2.75, 3.05) is 6.54 Å². The highest BCUT2D eigenvalue weighted by Gasteiger charge is 2.84. The number of Topliss-reactive ketones (excluding diaryl/α,β-unsaturated/α-hetero) is 1. The van der Waals surface area contributed by atoms with Crippen LogP contribution in [0.15, 0.2) is 0 Å². The lowest BCUT2D eigenvalue weighted by Crippen LogP contribution is -2.67. The highest BCUT2D eigenvalue weighted by Crippen LogP contribution is 2.85. The molecule has 37 heavy (non-hydrogen) atoms. The number of ether oxygens (including phenoxy) is 1. The van der Waals surface area contributed by atoms with Crippen LogP contribution in [0.2, 0.25) is 0 Å². The third-order valence-corrected chi connectivity index (χ3v) is 16.0. The van der Waals surface area contributed by atoms with Crippen molar-refractivity contribution in [3.05, 3.63) is 0 Å². The van der Waals surface area contributed by atoms with E-state index in [4.69, 9.17) is 4.74 Å². The summed E-state index contributed by atoms with van der Waals surface area (Å²) in [7, 11) is 0. The van der Waals surface area contributed by atoms with Crippen LogP contribution >= 0.6 is 0 Å². The molecule has 0 bridgehead atoms. The number of piperidine rings is 1. The summed E-state index contributed by atoms with van der Waals surface area (Å²) in [5, 5.41) is 0. The van der Waals surface area contributed by atoms with Gasteiger partial charge >= 0.3 is 0 Å². The van der Waals surface area contributed by atoms with Gasteiger partial charge < -0.3 is 9.64 Å². The molecule has 0 aromatic carbocycles. The predicted molar refractivity (Wildman–Crippen MR) is 147 cm³/mol. The minimum absolute atomic E-state index is 0.0118. The minimum Gasteiger partial charge on any atom is -0.348 e. The second-order valence-corrected chi connectivity index (χ2v) is 16.5. The lowest BCUT2D eigenvalue weighted by molar-refractivity contribution is -0.250. The molecule has 6 fully saturated rings. The Morgan fingerprint density at radius 2 is 1.57 bits per heavy atom. The van der Waals surface area contributed by atoms with E-state index in [2.05, 4.69) is 67.2 Å². The van der Waals surface area contributed by atoms with E-state index < -0.39 is 5.72 Å². The molecule has 0 aromatic rings. The van der Waals surface area contributed by atoms with Crippen LogP contribution in [0.4, 0.5) is 0 Å². The summed E-state index contributed by atoms with van der Waals surface area (Å²) >= 11 is 0. The number of carbonyl (C=O) groups is 2. The maximum absolute atomic E-state index is 12.7. The van der Waals surface area contributed by atoms with Crippen molar-refractivity contribution < 1.29 is 14.3 Å². The maximum Gasteiger partial charge on any atom is 0.211 e. The zero-order chi connectivity index (χ0) is 27.1. The molecule has 4 nitrogen and oxygen atoms in total. The first-order valence-corrected chi connectivity index (χ1v) is 15.5. The lowest BCUT2D eigenvalue weighted by Gasteiger charge is -2.73. The molecule has 4 heteroatoms. The van der Waals surface area contributed by atoms with E-state index in [-0.39, 0.29) is 44.0 Å². The van der Waals surface area contributed by atoms with Crippen LogP contribution in [0, 0.1) is 50.2 Å². The van der Waals surface area contributed by atoms with E-state index in [1.807, 2.05) is 0 Å². The van der Waals surface area contributed by atoms with Gasteiger partial charge in [0.2, 0.25) is 6.41 Å². The van der Waals surface area contributed by atoms with Gasteiger partial charge in [0, 0.05) is 30.7 Å². The van der Waals surface area contributed by atoms with Gasteiger partial charge in [-0.15, -0.1) is 0 Å². The zero-order valence-electron chi connectivity index (χ0n) is 25.3. The number of hydrogen-bond acceptors (Lipinski definition) is 3. The highest BCUT2D eigenvalue weighted by atomic mass is 16.6. The molecule has 1 spiro atoms. The Morgan fingerprint density at radius 3 is 2.24 bits per heavy atom. The van der Waals surface area contributed by atoms with Crippen LogP contribution in [-0.2, 0) is 14.3 Å². The number of ketones is 1. The topological polar surface area (TPSA) is 46.6 Å². The first-order valence-electron chi connectivity index (χ1n) is 15.5. The molecule has 2 aliphatic heterocycles. The van der Waals surface area contributed by atoms with E-state index >= 15 is 0 Å². The number of fused-ring (bicyclic) bond motifs is 7. The van der Waals surface area contributed by atoms with Crippen LogP contribution in [0.3, 0.4) is 0 Å². The van der Waals surface area contributed by atoms with Crippen LogP contribution in [0.25, 0.3) is 0 Å². The molecule has 2 heterocycles. The van der Waals surface area contributed by atoms with Gasteiger partial charge in [0.15, 0.2) is 0 Å².